The Morgan fingerprint density at radius 1 is 1.19 bits per heavy atom. The van der Waals surface area contributed by atoms with Crippen molar-refractivity contribution >= 4 is 17.9 Å². The number of nitrogens with zero attached hydrogens (tertiary/aromatic N) is 2. The summed E-state index contributed by atoms with van der Waals surface area (Å²) in [5, 5.41) is 13.9. The molecular weight excluding hydrogens is 410 g/mol. The van der Waals surface area contributed by atoms with Gasteiger partial charge < -0.3 is 25.0 Å². The van der Waals surface area contributed by atoms with Gasteiger partial charge in [-0.05, 0) is 58.6 Å². The average Bonchev–Trinajstić information content (AvgIpc) is 3.16. The standard InChI is InChI=1S/C24H35N3O5/c1-24(2,3)32-23(31)25-14-16-27(22(30)17-9-5-4-6-10-17)19-12-7-11-18(21(19)29)26-15-8-13-20(26)28/h4-6,9-10,18-19,21,29H,7-8,11-16H2,1-3H3,(H,25,31)/t18-,19-,21-/m1/s1. The van der Waals surface area contributed by atoms with Crippen LogP contribution in [-0.4, -0.2) is 76.2 Å². The number of carbonyl (C=O) groups excluding carboxylic acids is 3. The number of carbonyl (C=O) groups is 3. The second kappa shape index (κ2) is 10.3. The van der Waals surface area contributed by atoms with Crippen LogP contribution in [0.25, 0.3) is 0 Å². The van der Waals surface area contributed by atoms with E-state index in [0.717, 1.165) is 19.3 Å². The summed E-state index contributed by atoms with van der Waals surface area (Å²) in [6.07, 6.45) is 2.13. The van der Waals surface area contributed by atoms with Gasteiger partial charge in [-0.15, -0.1) is 0 Å². The van der Waals surface area contributed by atoms with Gasteiger partial charge in [0.15, 0.2) is 0 Å². The third-order valence-corrected chi connectivity index (χ3v) is 6.00. The molecule has 0 bridgehead atoms. The Morgan fingerprint density at radius 3 is 2.53 bits per heavy atom. The van der Waals surface area contributed by atoms with Crippen molar-refractivity contribution in [2.75, 3.05) is 19.6 Å². The summed E-state index contributed by atoms with van der Waals surface area (Å²) < 4.78 is 5.28. The fourth-order valence-corrected chi connectivity index (χ4v) is 4.59. The number of ether oxygens (including phenoxy) is 1. The van der Waals surface area contributed by atoms with Gasteiger partial charge >= 0.3 is 6.09 Å². The smallest absolute Gasteiger partial charge is 0.407 e. The summed E-state index contributed by atoms with van der Waals surface area (Å²) in [5.74, 6) is -0.128. The van der Waals surface area contributed by atoms with E-state index < -0.39 is 23.8 Å². The predicted octanol–water partition coefficient (Wildman–Crippen LogP) is 2.56. The molecule has 32 heavy (non-hydrogen) atoms. The Morgan fingerprint density at radius 2 is 1.91 bits per heavy atom. The SMILES string of the molecule is CC(C)(C)OC(=O)NCCN(C(=O)c1ccccc1)[C@@H]1CCC[C@@H](N2CCCC2=O)[C@H]1O. The summed E-state index contributed by atoms with van der Waals surface area (Å²) >= 11 is 0. The molecule has 3 amide bonds. The number of hydrogen-bond donors (Lipinski definition) is 2. The third-order valence-electron chi connectivity index (χ3n) is 6.00. The molecule has 1 aliphatic heterocycles. The first kappa shape index (κ1) is 24.0. The number of hydrogen-bond acceptors (Lipinski definition) is 5. The Labute approximate surface area is 189 Å². The monoisotopic (exact) mass is 445 g/mol. The highest BCUT2D eigenvalue weighted by molar-refractivity contribution is 5.94. The highest BCUT2D eigenvalue weighted by Crippen LogP contribution is 2.30. The molecule has 1 heterocycles. The van der Waals surface area contributed by atoms with Crippen LogP contribution in [0.3, 0.4) is 0 Å². The van der Waals surface area contributed by atoms with Crippen LogP contribution in [0.5, 0.6) is 0 Å². The maximum Gasteiger partial charge on any atom is 0.407 e. The van der Waals surface area contributed by atoms with Crippen LogP contribution in [0.4, 0.5) is 4.79 Å². The summed E-state index contributed by atoms with van der Waals surface area (Å²) in [4.78, 5) is 41.1. The van der Waals surface area contributed by atoms with Crippen LogP contribution in [-0.2, 0) is 9.53 Å². The molecule has 2 fully saturated rings. The quantitative estimate of drug-likeness (QED) is 0.701. The summed E-state index contributed by atoms with van der Waals surface area (Å²) in [6, 6.07) is 8.21. The second-order valence-corrected chi connectivity index (χ2v) is 9.54. The number of rotatable bonds is 6. The number of nitrogens with one attached hydrogen (secondary N) is 1. The lowest BCUT2D eigenvalue weighted by Gasteiger charge is -2.44. The molecule has 1 aliphatic carbocycles. The predicted molar refractivity (Wildman–Crippen MR) is 120 cm³/mol. The number of alkyl carbamates (subject to hydrolysis) is 1. The molecule has 0 unspecified atom stereocenters. The van der Waals surface area contributed by atoms with Crippen molar-refractivity contribution < 1.29 is 24.2 Å². The Hall–Kier alpha value is -2.61. The first-order valence-corrected chi connectivity index (χ1v) is 11.5. The summed E-state index contributed by atoms with van der Waals surface area (Å²) in [7, 11) is 0. The van der Waals surface area contributed by atoms with Crippen molar-refractivity contribution in [2.45, 2.75) is 76.7 Å². The maximum absolute atomic E-state index is 13.4. The number of aliphatic hydroxyl groups excluding tert-OH is 1. The van der Waals surface area contributed by atoms with Gasteiger partial charge in [0.1, 0.15) is 5.60 Å². The fraction of sp³-hybridized carbons (Fsp3) is 0.625. The number of amides is 3. The first-order valence-electron chi connectivity index (χ1n) is 11.5. The maximum atomic E-state index is 13.4. The second-order valence-electron chi connectivity index (χ2n) is 9.54. The highest BCUT2D eigenvalue weighted by atomic mass is 16.6. The molecule has 1 saturated heterocycles. The highest BCUT2D eigenvalue weighted by Gasteiger charge is 2.42. The van der Waals surface area contributed by atoms with E-state index in [1.165, 1.54) is 0 Å². The molecule has 176 valence electrons. The first-order chi connectivity index (χ1) is 15.2. The minimum Gasteiger partial charge on any atom is -0.444 e. The van der Waals surface area contributed by atoms with Crippen molar-refractivity contribution in [2.24, 2.45) is 0 Å². The summed E-state index contributed by atoms with van der Waals surface area (Å²) in [5.41, 5.74) is -0.0880. The van der Waals surface area contributed by atoms with Gasteiger partial charge in [0.05, 0.1) is 18.2 Å². The van der Waals surface area contributed by atoms with Crippen molar-refractivity contribution in [3.63, 3.8) is 0 Å². The zero-order chi connectivity index (χ0) is 23.3. The van der Waals surface area contributed by atoms with E-state index in [1.807, 2.05) is 6.07 Å². The van der Waals surface area contributed by atoms with E-state index >= 15 is 0 Å². The zero-order valence-electron chi connectivity index (χ0n) is 19.3. The van der Waals surface area contributed by atoms with Gasteiger partial charge in [-0.1, -0.05) is 18.2 Å². The molecular formula is C24H35N3O5. The lowest BCUT2D eigenvalue weighted by atomic mass is 9.85. The minimum atomic E-state index is -0.833. The van der Waals surface area contributed by atoms with Gasteiger partial charge in [0.2, 0.25) is 5.91 Å². The molecule has 0 aromatic heterocycles. The lowest BCUT2D eigenvalue weighted by molar-refractivity contribution is -0.134. The molecule has 8 heteroatoms. The molecule has 1 saturated carbocycles. The number of aliphatic hydroxyl groups is 1. The van der Waals surface area contributed by atoms with Gasteiger partial charge in [-0.3, -0.25) is 9.59 Å². The van der Waals surface area contributed by atoms with Gasteiger partial charge in [0.25, 0.3) is 5.91 Å². The fourth-order valence-electron chi connectivity index (χ4n) is 4.59. The minimum absolute atomic E-state index is 0.0715. The average molecular weight is 446 g/mol. The van der Waals surface area contributed by atoms with E-state index in [2.05, 4.69) is 5.32 Å². The van der Waals surface area contributed by atoms with Gasteiger partial charge in [0, 0.05) is 31.6 Å². The van der Waals surface area contributed by atoms with Crippen LogP contribution < -0.4 is 5.32 Å². The molecule has 1 aromatic rings. The Balaban J connectivity index is 1.74. The van der Waals surface area contributed by atoms with E-state index in [-0.39, 0.29) is 30.9 Å². The molecule has 3 rings (SSSR count). The topological polar surface area (TPSA) is 99.2 Å². The molecule has 2 N–H and O–H groups in total. The van der Waals surface area contributed by atoms with Crippen molar-refractivity contribution in [3.05, 3.63) is 35.9 Å². The van der Waals surface area contributed by atoms with Gasteiger partial charge in [-0.2, -0.15) is 0 Å². The van der Waals surface area contributed by atoms with E-state index in [4.69, 9.17) is 4.74 Å². The number of likely N-dealkylation sites (tertiary alicyclic amines) is 1. The van der Waals surface area contributed by atoms with Crippen LogP contribution in [0.1, 0.15) is 63.2 Å². The van der Waals surface area contributed by atoms with E-state index in [9.17, 15) is 19.5 Å². The molecule has 0 radical (unpaired) electrons. The van der Waals surface area contributed by atoms with Crippen molar-refractivity contribution in [1.29, 1.82) is 0 Å². The zero-order valence-corrected chi connectivity index (χ0v) is 19.3. The molecule has 3 atom stereocenters. The molecule has 2 aliphatic rings. The largest absolute Gasteiger partial charge is 0.444 e. The van der Waals surface area contributed by atoms with E-state index in [1.54, 1.807) is 54.8 Å². The van der Waals surface area contributed by atoms with Gasteiger partial charge in [-0.25, -0.2) is 4.79 Å². The van der Waals surface area contributed by atoms with Crippen molar-refractivity contribution in [1.82, 2.24) is 15.1 Å². The van der Waals surface area contributed by atoms with Crippen LogP contribution in [0.15, 0.2) is 30.3 Å². The normalized spacial score (nSPS) is 23.7. The molecule has 8 nitrogen and oxygen atoms in total. The molecule has 1 aromatic carbocycles. The van der Waals surface area contributed by atoms with Crippen LogP contribution >= 0.6 is 0 Å². The lowest BCUT2D eigenvalue weighted by Crippen LogP contribution is -2.59. The Bertz CT molecular complexity index is 808. The summed E-state index contributed by atoms with van der Waals surface area (Å²) in [6.45, 7) is 6.45. The number of benzene rings is 1. The van der Waals surface area contributed by atoms with Crippen LogP contribution in [0, 0.1) is 0 Å². The van der Waals surface area contributed by atoms with Crippen LogP contribution in [0.2, 0.25) is 0 Å². The van der Waals surface area contributed by atoms with E-state index in [0.29, 0.717) is 24.9 Å². The van der Waals surface area contributed by atoms with Crippen molar-refractivity contribution in [3.8, 4) is 0 Å². The molecule has 0 spiro atoms. The third kappa shape index (κ3) is 6.00. The Kier molecular flexibility index (Phi) is 7.77.